The molecule has 1 aromatic carbocycles. The van der Waals surface area contributed by atoms with Crippen molar-refractivity contribution in [1.82, 2.24) is 9.62 Å². The molecule has 0 bridgehead atoms. The fourth-order valence-corrected chi connectivity index (χ4v) is 4.85. The van der Waals surface area contributed by atoms with Gasteiger partial charge >= 0.3 is 0 Å². The van der Waals surface area contributed by atoms with Crippen LogP contribution in [0.2, 0.25) is 0 Å². The molecule has 0 aromatic heterocycles. The Labute approximate surface area is 120 Å². The van der Waals surface area contributed by atoms with E-state index >= 15 is 0 Å². The maximum absolute atomic E-state index is 12.8. The summed E-state index contributed by atoms with van der Waals surface area (Å²) < 4.78 is 32.3. The lowest BCUT2D eigenvalue weighted by molar-refractivity contribution is 0.339. The van der Waals surface area contributed by atoms with E-state index in [1.165, 1.54) is 7.11 Å². The van der Waals surface area contributed by atoms with E-state index in [-0.39, 0.29) is 4.90 Å². The number of fused-ring (bicyclic) bond motifs is 1. The lowest BCUT2D eigenvalue weighted by atomic mass is 9.94. The van der Waals surface area contributed by atoms with Crippen molar-refractivity contribution in [2.75, 3.05) is 26.7 Å². The Kier molecular flexibility index (Phi) is 3.70. The number of hydrogen-bond acceptors (Lipinski definition) is 4. The fraction of sp³-hybridized carbons (Fsp3) is 0.571. The lowest BCUT2D eigenvalue weighted by Crippen LogP contribution is -2.41. The third kappa shape index (κ3) is 2.32. The maximum atomic E-state index is 12.8. The molecule has 0 spiro atoms. The molecule has 1 aromatic rings. The minimum Gasteiger partial charge on any atom is -0.495 e. The highest BCUT2D eigenvalue weighted by atomic mass is 32.2. The zero-order chi connectivity index (χ0) is 14.2. The van der Waals surface area contributed by atoms with Crippen LogP contribution < -0.4 is 10.1 Å². The van der Waals surface area contributed by atoms with Gasteiger partial charge in [-0.1, -0.05) is 12.1 Å². The minimum absolute atomic E-state index is 0.265. The highest BCUT2D eigenvalue weighted by Crippen LogP contribution is 2.32. The zero-order valence-electron chi connectivity index (χ0n) is 11.6. The fourth-order valence-electron chi connectivity index (χ4n) is 3.17. The Hall–Kier alpha value is -1.11. The molecule has 0 aliphatic carbocycles. The number of piperidine rings is 1. The van der Waals surface area contributed by atoms with Gasteiger partial charge in [0.1, 0.15) is 10.6 Å². The first-order valence-corrected chi connectivity index (χ1v) is 8.43. The molecule has 0 radical (unpaired) electrons. The van der Waals surface area contributed by atoms with Gasteiger partial charge in [0.15, 0.2) is 0 Å². The molecule has 2 heterocycles. The Balaban J connectivity index is 1.89. The number of sulfonamides is 1. The molecule has 0 saturated carbocycles. The monoisotopic (exact) mass is 296 g/mol. The molecule has 1 N–H and O–H groups in total. The van der Waals surface area contributed by atoms with Crippen molar-refractivity contribution < 1.29 is 13.2 Å². The van der Waals surface area contributed by atoms with Gasteiger partial charge in [-0.05, 0) is 37.4 Å². The topological polar surface area (TPSA) is 58.6 Å². The van der Waals surface area contributed by atoms with Crippen molar-refractivity contribution >= 4 is 10.0 Å². The number of benzene rings is 1. The number of rotatable bonds is 3. The standard InChI is InChI=1S/C14H20N2O3S/c1-19-13-6-2-3-7-14(13)20(17,18)16-9-11-5-4-8-15-12(11)10-16/h2-3,6-7,11-12,15H,4-5,8-10H2,1H3. The van der Waals surface area contributed by atoms with Gasteiger partial charge in [-0.25, -0.2) is 8.42 Å². The predicted molar refractivity (Wildman–Crippen MR) is 76.3 cm³/mol. The number of nitrogens with zero attached hydrogens (tertiary/aromatic N) is 1. The smallest absolute Gasteiger partial charge is 0.246 e. The van der Waals surface area contributed by atoms with E-state index in [9.17, 15) is 8.42 Å². The SMILES string of the molecule is COc1ccccc1S(=O)(=O)N1CC2CCCNC2C1. The third-order valence-electron chi connectivity index (χ3n) is 4.25. The summed E-state index contributed by atoms with van der Waals surface area (Å²) in [5, 5.41) is 3.43. The molecule has 6 heteroatoms. The van der Waals surface area contributed by atoms with Gasteiger partial charge in [-0.2, -0.15) is 4.31 Å². The Morgan fingerprint density at radius 2 is 2.10 bits per heavy atom. The van der Waals surface area contributed by atoms with Crippen LogP contribution >= 0.6 is 0 Å². The quantitative estimate of drug-likeness (QED) is 0.906. The molecule has 5 nitrogen and oxygen atoms in total. The Bertz CT molecular complexity index is 574. The summed E-state index contributed by atoms with van der Waals surface area (Å²) in [6, 6.07) is 7.12. The van der Waals surface area contributed by atoms with Gasteiger partial charge in [0.2, 0.25) is 10.0 Å². The number of para-hydroxylation sites is 1. The molecule has 2 aliphatic heterocycles. The van der Waals surface area contributed by atoms with Crippen LogP contribution in [0.15, 0.2) is 29.2 Å². The summed E-state index contributed by atoms with van der Waals surface area (Å²) in [6.45, 7) is 2.16. The van der Waals surface area contributed by atoms with Gasteiger partial charge in [-0.15, -0.1) is 0 Å². The minimum atomic E-state index is -3.47. The van der Waals surface area contributed by atoms with Gasteiger partial charge in [0, 0.05) is 19.1 Å². The van der Waals surface area contributed by atoms with Crippen molar-refractivity contribution in [3.8, 4) is 5.75 Å². The molecule has 0 amide bonds. The second kappa shape index (κ2) is 5.35. The normalized spacial score (nSPS) is 27.2. The van der Waals surface area contributed by atoms with Gasteiger partial charge in [0.25, 0.3) is 0 Å². The average molecular weight is 296 g/mol. The largest absolute Gasteiger partial charge is 0.495 e. The molecule has 2 unspecified atom stereocenters. The van der Waals surface area contributed by atoms with E-state index < -0.39 is 10.0 Å². The van der Waals surface area contributed by atoms with E-state index in [0.29, 0.717) is 30.8 Å². The van der Waals surface area contributed by atoms with E-state index in [4.69, 9.17) is 4.74 Å². The molecule has 2 fully saturated rings. The summed E-state index contributed by atoms with van der Waals surface area (Å²) in [5.74, 6) is 0.851. The van der Waals surface area contributed by atoms with Gasteiger partial charge < -0.3 is 10.1 Å². The highest BCUT2D eigenvalue weighted by molar-refractivity contribution is 7.89. The van der Waals surface area contributed by atoms with Crippen molar-refractivity contribution in [2.45, 2.75) is 23.8 Å². The lowest BCUT2D eigenvalue weighted by Gasteiger charge is -2.24. The van der Waals surface area contributed by atoms with Crippen molar-refractivity contribution in [2.24, 2.45) is 5.92 Å². The average Bonchev–Trinajstić information content (AvgIpc) is 2.92. The molecular weight excluding hydrogens is 276 g/mol. The summed E-state index contributed by atoms with van der Waals surface area (Å²) in [7, 11) is -1.97. The highest BCUT2D eigenvalue weighted by Gasteiger charge is 2.40. The van der Waals surface area contributed by atoms with Crippen LogP contribution in [0.1, 0.15) is 12.8 Å². The molecule has 2 saturated heterocycles. The van der Waals surface area contributed by atoms with Gasteiger partial charge in [-0.3, -0.25) is 0 Å². The Morgan fingerprint density at radius 1 is 1.30 bits per heavy atom. The summed E-state index contributed by atoms with van der Waals surface area (Å²) in [5.41, 5.74) is 0. The number of nitrogens with one attached hydrogen (secondary N) is 1. The van der Waals surface area contributed by atoms with E-state index in [0.717, 1.165) is 19.4 Å². The summed E-state index contributed by atoms with van der Waals surface area (Å²) in [6.07, 6.45) is 2.24. The van der Waals surface area contributed by atoms with Crippen LogP contribution in [0.3, 0.4) is 0 Å². The van der Waals surface area contributed by atoms with Crippen LogP contribution in [0.4, 0.5) is 0 Å². The number of hydrogen-bond donors (Lipinski definition) is 1. The first kappa shape index (κ1) is 13.9. The third-order valence-corrected chi connectivity index (χ3v) is 6.12. The molecular formula is C14H20N2O3S. The second-order valence-electron chi connectivity index (χ2n) is 5.44. The number of methoxy groups -OCH3 is 1. The number of ether oxygens (including phenoxy) is 1. The second-order valence-corrected chi connectivity index (χ2v) is 7.34. The molecule has 3 rings (SSSR count). The summed E-state index contributed by atoms with van der Waals surface area (Å²) >= 11 is 0. The molecule has 2 atom stereocenters. The van der Waals surface area contributed by atoms with E-state index in [1.807, 2.05) is 0 Å². The van der Waals surface area contributed by atoms with Crippen LogP contribution in [-0.4, -0.2) is 45.5 Å². The van der Waals surface area contributed by atoms with Crippen molar-refractivity contribution in [3.05, 3.63) is 24.3 Å². The van der Waals surface area contributed by atoms with Crippen molar-refractivity contribution in [3.63, 3.8) is 0 Å². The van der Waals surface area contributed by atoms with E-state index in [2.05, 4.69) is 5.32 Å². The maximum Gasteiger partial charge on any atom is 0.246 e. The molecule has 20 heavy (non-hydrogen) atoms. The summed E-state index contributed by atoms with van der Waals surface area (Å²) in [4.78, 5) is 0.265. The van der Waals surface area contributed by atoms with Crippen LogP contribution in [0.5, 0.6) is 5.75 Å². The van der Waals surface area contributed by atoms with Crippen LogP contribution in [-0.2, 0) is 10.0 Å². The van der Waals surface area contributed by atoms with Gasteiger partial charge in [0.05, 0.1) is 7.11 Å². The Morgan fingerprint density at radius 3 is 2.85 bits per heavy atom. The van der Waals surface area contributed by atoms with Crippen molar-refractivity contribution in [1.29, 1.82) is 0 Å². The first-order chi connectivity index (χ1) is 9.63. The van der Waals surface area contributed by atoms with Crippen LogP contribution in [0.25, 0.3) is 0 Å². The molecule has 110 valence electrons. The molecule has 2 aliphatic rings. The van der Waals surface area contributed by atoms with E-state index in [1.54, 1.807) is 28.6 Å². The first-order valence-electron chi connectivity index (χ1n) is 6.99. The zero-order valence-corrected chi connectivity index (χ0v) is 12.4. The predicted octanol–water partition coefficient (Wildman–Crippen LogP) is 1.07. The van der Waals surface area contributed by atoms with Crippen LogP contribution in [0, 0.1) is 5.92 Å².